The van der Waals surface area contributed by atoms with Gasteiger partial charge in [0.15, 0.2) is 5.11 Å². The molecule has 4 nitrogen and oxygen atoms in total. The topological polar surface area (TPSA) is 54.8 Å². The van der Waals surface area contributed by atoms with Crippen molar-refractivity contribution >= 4 is 23.0 Å². The van der Waals surface area contributed by atoms with E-state index in [9.17, 15) is 0 Å². The van der Waals surface area contributed by atoms with E-state index in [0.717, 1.165) is 13.0 Å². The predicted octanol–water partition coefficient (Wildman–Crippen LogP) is -0.881. The Balaban J connectivity index is 2.60. The number of quaternary nitrogens is 1. The van der Waals surface area contributed by atoms with Crippen LogP contribution in [0.25, 0.3) is 0 Å². The van der Waals surface area contributed by atoms with E-state index < -0.39 is 0 Å². The van der Waals surface area contributed by atoms with Gasteiger partial charge in [0.25, 0.3) is 0 Å². The smallest absolute Gasteiger partial charge is 0.184 e. The summed E-state index contributed by atoms with van der Waals surface area (Å²) in [6.07, 6.45) is 1.02. The first-order chi connectivity index (χ1) is 6.50. The van der Waals surface area contributed by atoms with E-state index in [2.05, 4.69) is 31.4 Å². The summed E-state index contributed by atoms with van der Waals surface area (Å²) in [4.78, 5) is 1.56. The van der Waals surface area contributed by atoms with Gasteiger partial charge >= 0.3 is 0 Å². The van der Waals surface area contributed by atoms with Gasteiger partial charge in [-0.15, -0.1) is 0 Å². The fourth-order valence-electron chi connectivity index (χ4n) is 1.77. The lowest BCUT2D eigenvalue weighted by Crippen LogP contribution is -3.14. The van der Waals surface area contributed by atoms with Crippen LogP contribution in [0.5, 0.6) is 0 Å². The van der Waals surface area contributed by atoms with Gasteiger partial charge in [-0.1, -0.05) is 6.92 Å². The first-order valence-electron chi connectivity index (χ1n) is 4.95. The number of rotatable bonds is 1. The zero-order valence-electron chi connectivity index (χ0n) is 9.00. The molecule has 1 saturated heterocycles. The van der Waals surface area contributed by atoms with Gasteiger partial charge in [0.05, 0.1) is 25.3 Å². The molecule has 1 aliphatic heterocycles. The highest BCUT2D eigenvalue weighted by Crippen LogP contribution is 2.07. The van der Waals surface area contributed by atoms with E-state index in [-0.39, 0.29) is 5.11 Å². The van der Waals surface area contributed by atoms with Gasteiger partial charge in [-0.05, 0) is 19.1 Å². The number of nitrogens with two attached hydrogens (primary N) is 1. The van der Waals surface area contributed by atoms with E-state index in [0.29, 0.717) is 12.0 Å². The van der Waals surface area contributed by atoms with Crippen molar-refractivity contribution in [2.75, 3.05) is 13.6 Å². The lowest BCUT2D eigenvalue weighted by molar-refractivity contribution is -0.908. The Labute approximate surface area is 90.5 Å². The van der Waals surface area contributed by atoms with Crippen molar-refractivity contribution in [3.8, 4) is 0 Å². The fourth-order valence-corrected chi connectivity index (χ4v) is 1.82. The van der Waals surface area contributed by atoms with E-state index >= 15 is 0 Å². The summed E-state index contributed by atoms with van der Waals surface area (Å²) in [6, 6.07) is 0.623. The molecule has 0 bridgehead atoms. The van der Waals surface area contributed by atoms with E-state index in [1.807, 2.05) is 0 Å². The van der Waals surface area contributed by atoms with Crippen molar-refractivity contribution < 1.29 is 4.90 Å². The van der Waals surface area contributed by atoms with E-state index in [4.69, 9.17) is 18.0 Å². The molecule has 4 N–H and O–H groups in total. The van der Waals surface area contributed by atoms with Gasteiger partial charge in [0.1, 0.15) is 0 Å². The SMILES string of the molecule is C[C@@H]1C/C(=N/NC(N)=S)[C@@H](C)C[NH+]1C. The summed E-state index contributed by atoms with van der Waals surface area (Å²) >= 11 is 4.71. The van der Waals surface area contributed by atoms with E-state index in [1.54, 1.807) is 4.90 Å². The third kappa shape index (κ3) is 2.92. The predicted molar refractivity (Wildman–Crippen MR) is 62.4 cm³/mol. The minimum absolute atomic E-state index is 0.239. The molecule has 5 heteroatoms. The minimum atomic E-state index is 0.239. The first kappa shape index (κ1) is 11.4. The van der Waals surface area contributed by atoms with Crippen molar-refractivity contribution in [3.63, 3.8) is 0 Å². The Morgan fingerprint density at radius 1 is 1.64 bits per heavy atom. The number of piperidine rings is 1. The summed E-state index contributed by atoms with van der Waals surface area (Å²) in [5.41, 5.74) is 9.17. The van der Waals surface area contributed by atoms with Crippen LogP contribution in [0.2, 0.25) is 0 Å². The monoisotopic (exact) mass is 215 g/mol. The van der Waals surface area contributed by atoms with Crippen LogP contribution in [0.15, 0.2) is 5.10 Å². The first-order valence-corrected chi connectivity index (χ1v) is 5.35. The van der Waals surface area contributed by atoms with Crippen LogP contribution in [-0.4, -0.2) is 30.5 Å². The average molecular weight is 215 g/mol. The van der Waals surface area contributed by atoms with Gasteiger partial charge in [-0.3, -0.25) is 5.43 Å². The van der Waals surface area contributed by atoms with Crippen LogP contribution in [0.3, 0.4) is 0 Å². The highest BCUT2D eigenvalue weighted by molar-refractivity contribution is 7.80. The molecule has 14 heavy (non-hydrogen) atoms. The lowest BCUT2D eigenvalue weighted by atomic mass is 9.93. The molecule has 0 amide bonds. The van der Waals surface area contributed by atoms with Gasteiger partial charge in [-0.2, -0.15) is 5.10 Å². The largest absolute Gasteiger partial charge is 0.375 e. The molecule has 1 aliphatic rings. The molecule has 1 rings (SSSR count). The normalized spacial score (nSPS) is 35.6. The van der Waals surface area contributed by atoms with Crippen LogP contribution in [0.1, 0.15) is 20.3 Å². The Hall–Kier alpha value is -0.680. The Bertz CT molecular complexity index is 251. The molecule has 0 aromatic carbocycles. The summed E-state index contributed by atoms with van der Waals surface area (Å²) in [6.45, 7) is 5.55. The summed E-state index contributed by atoms with van der Waals surface area (Å²) in [5, 5.41) is 4.48. The van der Waals surface area contributed by atoms with Crippen LogP contribution < -0.4 is 16.1 Å². The molecule has 1 heterocycles. The van der Waals surface area contributed by atoms with Crippen LogP contribution in [-0.2, 0) is 0 Å². The number of hydrogen-bond donors (Lipinski definition) is 3. The van der Waals surface area contributed by atoms with Gasteiger partial charge in [0, 0.05) is 12.3 Å². The number of nitrogens with one attached hydrogen (secondary N) is 2. The molecule has 80 valence electrons. The van der Waals surface area contributed by atoms with Gasteiger partial charge in [0.2, 0.25) is 0 Å². The number of nitrogens with zero attached hydrogens (tertiary/aromatic N) is 1. The average Bonchev–Trinajstić information content (AvgIpc) is 2.09. The highest BCUT2D eigenvalue weighted by atomic mass is 32.1. The van der Waals surface area contributed by atoms with Crippen LogP contribution >= 0.6 is 12.2 Å². The quantitative estimate of drug-likeness (QED) is 0.393. The molecule has 1 fully saturated rings. The zero-order valence-corrected chi connectivity index (χ0v) is 9.82. The van der Waals surface area contributed by atoms with Crippen molar-refractivity contribution in [2.45, 2.75) is 26.3 Å². The second-order valence-corrected chi connectivity index (χ2v) is 4.58. The van der Waals surface area contributed by atoms with Crippen molar-refractivity contribution in [1.29, 1.82) is 0 Å². The summed E-state index contributed by atoms with van der Waals surface area (Å²) < 4.78 is 0. The third-order valence-electron chi connectivity index (χ3n) is 2.86. The fraction of sp³-hybridized carbons (Fsp3) is 0.778. The highest BCUT2D eigenvalue weighted by Gasteiger charge is 2.28. The van der Waals surface area contributed by atoms with Gasteiger partial charge in [-0.25, -0.2) is 0 Å². The molecule has 0 aromatic heterocycles. The maximum atomic E-state index is 5.33. The lowest BCUT2D eigenvalue weighted by Gasteiger charge is -2.31. The molecule has 1 unspecified atom stereocenters. The molecular formula is C9H19N4S+. The van der Waals surface area contributed by atoms with Crippen molar-refractivity contribution in [1.82, 2.24) is 5.43 Å². The van der Waals surface area contributed by atoms with E-state index in [1.165, 1.54) is 5.71 Å². The summed E-state index contributed by atoms with van der Waals surface area (Å²) in [5.74, 6) is 0.507. The Kier molecular flexibility index (Phi) is 3.83. The zero-order chi connectivity index (χ0) is 10.7. The second-order valence-electron chi connectivity index (χ2n) is 4.14. The molecule has 0 aliphatic carbocycles. The standard InChI is InChI=1S/C9H18N4S/c1-6-5-13(3)7(2)4-8(6)11-12-9(10)14/h6-7H,4-5H2,1-3H3,(H3,10,12,14)/p+1/b11-8-/t6-,7+/m0/s1. The molecule has 0 radical (unpaired) electrons. The Morgan fingerprint density at radius 2 is 2.29 bits per heavy atom. The minimum Gasteiger partial charge on any atom is -0.375 e. The number of hydrazone groups is 1. The molecule has 0 aromatic rings. The number of likely N-dealkylation sites (tertiary alicyclic amines) is 1. The molecule has 0 spiro atoms. The maximum absolute atomic E-state index is 5.33. The molecule has 3 atom stereocenters. The van der Waals surface area contributed by atoms with Crippen LogP contribution in [0.4, 0.5) is 0 Å². The molecule has 0 saturated carbocycles. The van der Waals surface area contributed by atoms with Crippen molar-refractivity contribution in [2.24, 2.45) is 16.8 Å². The molecular weight excluding hydrogens is 196 g/mol. The van der Waals surface area contributed by atoms with Crippen LogP contribution in [0, 0.1) is 5.92 Å². The van der Waals surface area contributed by atoms with Gasteiger partial charge < -0.3 is 10.6 Å². The maximum Gasteiger partial charge on any atom is 0.184 e. The summed E-state index contributed by atoms with van der Waals surface area (Å²) in [7, 11) is 2.22. The number of hydrogen-bond acceptors (Lipinski definition) is 2. The number of thiocarbonyl (C=S) groups is 1. The Morgan fingerprint density at radius 3 is 2.86 bits per heavy atom. The second kappa shape index (κ2) is 4.70. The van der Waals surface area contributed by atoms with Crippen molar-refractivity contribution in [3.05, 3.63) is 0 Å². The third-order valence-corrected chi connectivity index (χ3v) is 2.95.